The molecule has 3 rings (SSSR count). The minimum Gasteiger partial charge on any atom is -0.378 e. The van der Waals surface area contributed by atoms with E-state index in [0.717, 1.165) is 24.1 Å². The van der Waals surface area contributed by atoms with E-state index in [2.05, 4.69) is 10.6 Å². The summed E-state index contributed by atoms with van der Waals surface area (Å²) in [5, 5.41) is 5.49. The monoisotopic (exact) mass is 369 g/mol. The topological polar surface area (TPSA) is 61.4 Å². The van der Waals surface area contributed by atoms with E-state index >= 15 is 0 Å². The van der Waals surface area contributed by atoms with Crippen LogP contribution in [0.2, 0.25) is 0 Å². The number of hydrogen-bond donors (Lipinski definition) is 2. The third-order valence-electron chi connectivity index (χ3n) is 4.70. The SMILES string of the molecule is CN(C)c1ccc(NC(=O)CNC(=O)C(c2ccc(F)cc2)C2CC2)cc1. The van der Waals surface area contributed by atoms with Crippen molar-refractivity contribution in [3.05, 3.63) is 59.9 Å². The van der Waals surface area contributed by atoms with Crippen molar-refractivity contribution in [2.75, 3.05) is 30.9 Å². The van der Waals surface area contributed by atoms with Crippen molar-refractivity contribution in [2.45, 2.75) is 18.8 Å². The first kappa shape index (κ1) is 18.9. The Morgan fingerprint density at radius 3 is 2.26 bits per heavy atom. The first-order chi connectivity index (χ1) is 12.9. The first-order valence-electron chi connectivity index (χ1n) is 9.04. The fourth-order valence-electron chi connectivity index (χ4n) is 3.06. The van der Waals surface area contributed by atoms with Gasteiger partial charge in [-0.1, -0.05) is 12.1 Å². The van der Waals surface area contributed by atoms with E-state index in [9.17, 15) is 14.0 Å². The quantitative estimate of drug-likeness (QED) is 0.788. The van der Waals surface area contributed by atoms with Gasteiger partial charge in [-0.15, -0.1) is 0 Å². The lowest BCUT2D eigenvalue weighted by Gasteiger charge is -2.17. The maximum atomic E-state index is 13.1. The Balaban J connectivity index is 1.55. The molecule has 27 heavy (non-hydrogen) atoms. The number of hydrogen-bond acceptors (Lipinski definition) is 3. The molecule has 2 aromatic carbocycles. The summed E-state index contributed by atoms with van der Waals surface area (Å²) < 4.78 is 13.1. The molecule has 2 aromatic rings. The van der Waals surface area contributed by atoms with Gasteiger partial charge in [-0.3, -0.25) is 9.59 Å². The number of nitrogens with one attached hydrogen (secondary N) is 2. The van der Waals surface area contributed by atoms with Gasteiger partial charge in [-0.25, -0.2) is 4.39 Å². The Hall–Kier alpha value is -2.89. The lowest BCUT2D eigenvalue weighted by atomic mass is 9.93. The van der Waals surface area contributed by atoms with E-state index in [1.165, 1.54) is 12.1 Å². The predicted octanol–water partition coefficient (Wildman–Crippen LogP) is 3.14. The summed E-state index contributed by atoms with van der Waals surface area (Å²) in [6, 6.07) is 13.5. The molecule has 1 saturated carbocycles. The van der Waals surface area contributed by atoms with Crippen LogP contribution >= 0.6 is 0 Å². The van der Waals surface area contributed by atoms with Gasteiger partial charge in [0.25, 0.3) is 0 Å². The molecule has 142 valence electrons. The Bertz CT molecular complexity index is 799. The van der Waals surface area contributed by atoms with Crippen LogP contribution < -0.4 is 15.5 Å². The summed E-state index contributed by atoms with van der Waals surface area (Å²) in [7, 11) is 3.89. The van der Waals surface area contributed by atoms with E-state index in [1.807, 2.05) is 43.3 Å². The van der Waals surface area contributed by atoms with Gasteiger partial charge in [0.2, 0.25) is 11.8 Å². The zero-order valence-electron chi connectivity index (χ0n) is 15.5. The summed E-state index contributed by atoms with van der Waals surface area (Å²) in [5.74, 6) is -0.875. The van der Waals surface area contributed by atoms with Crippen LogP contribution in [0.5, 0.6) is 0 Å². The largest absolute Gasteiger partial charge is 0.378 e. The van der Waals surface area contributed by atoms with Gasteiger partial charge < -0.3 is 15.5 Å². The van der Waals surface area contributed by atoms with Gasteiger partial charge >= 0.3 is 0 Å². The van der Waals surface area contributed by atoms with Crippen LogP contribution in [0.15, 0.2) is 48.5 Å². The highest BCUT2D eigenvalue weighted by atomic mass is 19.1. The zero-order chi connectivity index (χ0) is 19.4. The molecule has 0 aromatic heterocycles. The van der Waals surface area contributed by atoms with E-state index in [-0.39, 0.29) is 36.0 Å². The lowest BCUT2D eigenvalue weighted by molar-refractivity contribution is -0.125. The van der Waals surface area contributed by atoms with Gasteiger partial charge in [-0.05, 0) is 60.7 Å². The highest BCUT2D eigenvalue weighted by molar-refractivity contribution is 5.95. The lowest BCUT2D eigenvalue weighted by Crippen LogP contribution is -2.36. The molecule has 2 N–H and O–H groups in total. The number of nitrogens with zero attached hydrogens (tertiary/aromatic N) is 1. The predicted molar refractivity (Wildman–Crippen MR) is 104 cm³/mol. The smallest absolute Gasteiger partial charge is 0.243 e. The highest BCUT2D eigenvalue weighted by Crippen LogP contribution is 2.42. The number of carbonyl (C=O) groups excluding carboxylic acids is 2. The van der Waals surface area contributed by atoms with E-state index < -0.39 is 0 Å². The molecule has 1 unspecified atom stereocenters. The van der Waals surface area contributed by atoms with E-state index in [0.29, 0.717) is 5.69 Å². The van der Waals surface area contributed by atoms with Crippen molar-refractivity contribution >= 4 is 23.2 Å². The summed E-state index contributed by atoms with van der Waals surface area (Å²) in [4.78, 5) is 26.7. The summed E-state index contributed by atoms with van der Waals surface area (Å²) in [5.41, 5.74) is 2.50. The molecule has 0 spiro atoms. The summed E-state index contributed by atoms with van der Waals surface area (Å²) in [6.45, 7) is -0.0985. The van der Waals surface area contributed by atoms with Gasteiger partial charge in [0.1, 0.15) is 5.82 Å². The number of halogens is 1. The molecular weight excluding hydrogens is 345 g/mol. The van der Waals surface area contributed by atoms with Crippen molar-refractivity contribution in [1.82, 2.24) is 5.32 Å². The van der Waals surface area contributed by atoms with E-state index in [1.54, 1.807) is 12.1 Å². The third kappa shape index (κ3) is 5.06. The fourth-order valence-corrected chi connectivity index (χ4v) is 3.06. The second-order valence-electron chi connectivity index (χ2n) is 7.07. The van der Waals surface area contributed by atoms with Crippen LogP contribution in [0.3, 0.4) is 0 Å². The molecule has 0 radical (unpaired) electrons. The zero-order valence-corrected chi connectivity index (χ0v) is 15.5. The molecule has 6 heteroatoms. The Morgan fingerprint density at radius 1 is 1.07 bits per heavy atom. The third-order valence-corrected chi connectivity index (χ3v) is 4.70. The molecule has 0 aliphatic heterocycles. The molecule has 5 nitrogen and oxygen atoms in total. The minimum absolute atomic E-state index is 0.0985. The molecule has 1 aliphatic carbocycles. The van der Waals surface area contributed by atoms with Crippen molar-refractivity contribution < 1.29 is 14.0 Å². The van der Waals surface area contributed by atoms with Crippen molar-refractivity contribution in [3.63, 3.8) is 0 Å². The molecule has 1 atom stereocenters. The van der Waals surface area contributed by atoms with Crippen molar-refractivity contribution in [3.8, 4) is 0 Å². The van der Waals surface area contributed by atoms with E-state index in [4.69, 9.17) is 0 Å². The van der Waals surface area contributed by atoms with Crippen LogP contribution in [-0.4, -0.2) is 32.5 Å². The van der Waals surface area contributed by atoms with Crippen LogP contribution in [0.25, 0.3) is 0 Å². The molecule has 2 amide bonds. The van der Waals surface area contributed by atoms with Crippen LogP contribution in [0.1, 0.15) is 24.3 Å². The normalized spacial score (nSPS) is 14.3. The molecular formula is C21H24FN3O2. The number of carbonyl (C=O) groups is 2. The summed E-state index contributed by atoms with van der Waals surface area (Å²) in [6.07, 6.45) is 1.94. The van der Waals surface area contributed by atoms with Crippen molar-refractivity contribution in [1.29, 1.82) is 0 Å². The molecule has 0 heterocycles. The fraction of sp³-hybridized carbons (Fsp3) is 0.333. The van der Waals surface area contributed by atoms with Gasteiger partial charge in [0, 0.05) is 25.5 Å². The molecule has 1 fully saturated rings. The minimum atomic E-state index is -0.335. The first-order valence-corrected chi connectivity index (χ1v) is 9.04. The number of amides is 2. The standard InChI is InChI=1S/C21H24FN3O2/c1-25(2)18-11-9-17(10-12-18)24-19(26)13-23-21(27)20(14-3-4-14)15-5-7-16(22)8-6-15/h5-12,14,20H,3-4,13H2,1-2H3,(H,23,27)(H,24,26). The number of rotatable bonds is 7. The van der Waals surface area contributed by atoms with Crippen molar-refractivity contribution in [2.24, 2.45) is 5.92 Å². The van der Waals surface area contributed by atoms with Gasteiger partial charge in [-0.2, -0.15) is 0 Å². The molecule has 1 aliphatic rings. The maximum Gasteiger partial charge on any atom is 0.243 e. The Kier molecular flexibility index (Phi) is 5.74. The number of anilines is 2. The van der Waals surface area contributed by atoms with Crippen LogP contribution in [0.4, 0.5) is 15.8 Å². The number of benzene rings is 2. The van der Waals surface area contributed by atoms with Gasteiger partial charge in [0.15, 0.2) is 0 Å². The van der Waals surface area contributed by atoms with Crippen LogP contribution in [-0.2, 0) is 9.59 Å². The second-order valence-corrected chi connectivity index (χ2v) is 7.07. The Labute approximate surface area is 158 Å². The second kappa shape index (κ2) is 8.20. The summed E-state index contributed by atoms with van der Waals surface area (Å²) >= 11 is 0. The molecule has 0 saturated heterocycles. The molecule has 0 bridgehead atoms. The average Bonchev–Trinajstić information content (AvgIpc) is 3.47. The van der Waals surface area contributed by atoms with Crippen LogP contribution in [0, 0.1) is 11.7 Å². The maximum absolute atomic E-state index is 13.1. The van der Waals surface area contributed by atoms with Gasteiger partial charge in [0.05, 0.1) is 12.5 Å². The average molecular weight is 369 g/mol. The Morgan fingerprint density at radius 2 is 1.70 bits per heavy atom. The highest BCUT2D eigenvalue weighted by Gasteiger charge is 2.37.